The molecule has 0 bridgehead atoms. The zero-order valence-electron chi connectivity index (χ0n) is 11.9. The number of nitrogens with one attached hydrogen (secondary N) is 1. The van der Waals surface area contributed by atoms with Gasteiger partial charge in [-0.15, -0.1) is 0 Å². The minimum absolute atomic E-state index is 0.214. The number of hydrogen-bond acceptors (Lipinski definition) is 6. The van der Waals surface area contributed by atoms with Gasteiger partial charge in [0, 0.05) is 36.6 Å². The number of nitrogens with zero attached hydrogens (tertiary/aromatic N) is 4. The van der Waals surface area contributed by atoms with Crippen LogP contribution < -0.4 is 10.1 Å². The van der Waals surface area contributed by atoms with Gasteiger partial charge in [0.15, 0.2) is 5.65 Å². The van der Waals surface area contributed by atoms with Gasteiger partial charge in [-0.1, -0.05) is 0 Å². The van der Waals surface area contributed by atoms with Crippen molar-refractivity contribution in [3.63, 3.8) is 0 Å². The van der Waals surface area contributed by atoms with Crippen molar-refractivity contribution in [2.45, 2.75) is 6.54 Å². The second kappa shape index (κ2) is 6.13. The Bertz CT molecular complexity index is 822. The number of aromatic nitrogens is 4. The normalized spacial score (nSPS) is 10.4. The Balaban J connectivity index is 1.72. The number of rotatable bonds is 4. The van der Waals surface area contributed by atoms with Crippen LogP contribution in [0.1, 0.15) is 15.9 Å². The fraction of sp³-hybridized carbons (Fsp3) is 0.133. The molecule has 7 nitrogen and oxygen atoms in total. The highest BCUT2D eigenvalue weighted by Gasteiger charge is 2.08. The fourth-order valence-corrected chi connectivity index (χ4v) is 1.96. The average Bonchev–Trinajstić information content (AvgIpc) is 2.59. The van der Waals surface area contributed by atoms with E-state index in [1.54, 1.807) is 31.6 Å². The quantitative estimate of drug-likeness (QED) is 0.781. The monoisotopic (exact) mass is 295 g/mol. The number of fused-ring (bicyclic) bond motifs is 1. The summed E-state index contributed by atoms with van der Waals surface area (Å²) in [5, 5.41) is 3.55. The smallest absolute Gasteiger partial charge is 0.253 e. The summed E-state index contributed by atoms with van der Waals surface area (Å²) < 4.78 is 5.05. The number of carbonyl (C=O) groups excluding carboxylic acids is 1. The van der Waals surface area contributed by atoms with Gasteiger partial charge in [0.2, 0.25) is 5.88 Å². The van der Waals surface area contributed by atoms with Crippen LogP contribution in [0.5, 0.6) is 5.88 Å². The van der Waals surface area contributed by atoms with E-state index < -0.39 is 0 Å². The lowest BCUT2D eigenvalue weighted by Gasteiger charge is -2.06. The van der Waals surface area contributed by atoms with E-state index >= 15 is 0 Å². The van der Waals surface area contributed by atoms with Crippen LogP contribution in [-0.2, 0) is 6.54 Å². The van der Waals surface area contributed by atoms with E-state index in [4.69, 9.17) is 4.74 Å². The molecule has 0 aliphatic heterocycles. The molecule has 110 valence electrons. The molecular weight excluding hydrogens is 282 g/mol. The van der Waals surface area contributed by atoms with E-state index in [-0.39, 0.29) is 5.91 Å². The second-order valence-corrected chi connectivity index (χ2v) is 4.55. The molecule has 3 aromatic heterocycles. The van der Waals surface area contributed by atoms with Gasteiger partial charge >= 0.3 is 0 Å². The van der Waals surface area contributed by atoms with Crippen molar-refractivity contribution in [3.8, 4) is 5.88 Å². The van der Waals surface area contributed by atoms with Crippen LogP contribution in [0.2, 0.25) is 0 Å². The Morgan fingerprint density at radius 1 is 1.23 bits per heavy atom. The molecule has 3 rings (SSSR count). The fourth-order valence-electron chi connectivity index (χ4n) is 1.96. The predicted octanol–water partition coefficient (Wildman–Crippen LogP) is 1.36. The lowest BCUT2D eigenvalue weighted by molar-refractivity contribution is 0.0950. The molecule has 3 heterocycles. The zero-order valence-corrected chi connectivity index (χ0v) is 11.9. The van der Waals surface area contributed by atoms with Crippen LogP contribution in [0.3, 0.4) is 0 Å². The highest BCUT2D eigenvalue weighted by atomic mass is 16.5. The van der Waals surface area contributed by atoms with Gasteiger partial charge in [0.05, 0.1) is 12.7 Å². The summed E-state index contributed by atoms with van der Waals surface area (Å²) in [6.07, 6.45) is 6.18. The highest BCUT2D eigenvalue weighted by Crippen LogP contribution is 2.11. The number of hydrogen-bond donors (Lipinski definition) is 1. The van der Waals surface area contributed by atoms with Gasteiger partial charge in [-0.25, -0.2) is 19.9 Å². The molecule has 0 aromatic carbocycles. The summed E-state index contributed by atoms with van der Waals surface area (Å²) >= 11 is 0. The molecule has 7 heteroatoms. The van der Waals surface area contributed by atoms with E-state index in [9.17, 15) is 4.79 Å². The summed E-state index contributed by atoms with van der Waals surface area (Å²) in [5.74, 6) is 0.297. The van der Waals surface area contributed by atoms with Crippen LogP contribution in [0.15, 0.2) is 43.1 Å². The Morgan fingerprint density at radius 2 is 2.14 bits per heavy atom. The van der Waals surface area contributed by atoms with Gasteiger partial charge in [-0.2, -0.15) is 0 Å². The summed E-state index contributed by atoms with van der Waals surface area (Å²) in [6.45, 7) is 0.376. The largest absolute Gasteiger partial charge is 0.481 e. The number of carbonyl (C=O) groups is 1. The van der Waals surface area contributed by atoms with Gasteiger partial charge in [-0.05, 0) is 17.7 Å². The molecule has 0 aliphatic carbocycles. The highest BCUT2D eigenvalue weighted by molar-refractivity contribution is 5.96. The van der Waals surface area contributed by atoms with E-state index in [1.165, 1.54) is 12.5 Å². The Hall–Kier alpha value is -3.09. The van der Waals surface area contributed by atoms with E-state index in [1.807, 2.05) is 6.07 Å². The van der Waals surface area contributed by atoms with Gasteiger partial charge < -0.3 is 10.1 Å². The molecule has 0 atom stereocenters. The van der Waals surface area contributed by atoms with Crippen molar-refractivity contribution in [2.75, 3.05) is 7.11 Å². The van der Waals surface area contributed by atoms with Crippen LogP contribution in [0, 0.1) is 0 Å². The molecule has 0 unspecified atom stereocenters. The van der Waals surface area contributed by atoms with Crippen molar-refractivity contribution in [1.82, 2.24) is 25.3 Å². The van der Waals surface area contributed by atoms with Gasteiger partial charge in [0.1, 0.15) is 6.33 Å². The minimum atomic E-state index is -0.214. The maximum atomic E-state index is 12.2. The summed E-state index contributed by atoms with van der Waals surface area (Å²) in [6, 6.07) is 5.30. The molecule has 0 saturated heterocycles. The molecule has 22 heavy (non-hydrogen) atoms. The lowest BCUT2D eigenvalue weighted by atomic mass is 10.2. The molecule has 1 N–H and O–H groups in total. The molecule has 3 aromatic rings. The molecule has 0 aliphatic rings. The maximum absolute atomic E-state index is 12.2. The molecule has 1 amide bonds. The van der Waals surface area contributed by atoms with Crippen LogP contribution >= 0.6 is 0 Å². The Kier molecular flexibility index (Phi) is 3.86. The van der Waals surface area contributed by atoms with Crippen LogP contribution in [-0.4, -0.2) is 33.0 Å². The number of pyridine rings is 2. The SMILES string of the molecule is COc1cc(CNC(=O)c2cnc3ncncc3c2)ccn1. The second-order valence-electron chi connectivity index (χ2n) is 4.55. The van der Waals surface area contributed by atoms with Crippen molar-refractivity contribution >= 4 is 16.9 Å². The molecule has 0 radical (unpaired) electrons. The van der Waals surface area contributed by atoms with Crippen molar-refractivity contribution in [1.29, 1.82) is 0 Å². The van der Waals surface area contributed by atoms with E-state index in [2.05, 4.69) is 25.3 Å². The first-order valence-electron chi connectivity index (χ1n) is 6.59. The molecular formula is C15H13N5O2. The van der Waals surface area contributed by atoms with E-state index in [0.717, 1.165) is 10.9 Å². The Morgan fingerprint density at radius 3 is 3.00 bits per heavy atom. The van der Waals surface area contributed by atoms with Crippen molar-refractivity contribution < 1.29 is 9.53 Å². The first-order chi connectivity index (χ1) is 10.8. The summed E-state index contributed by atoms with van der Waals surface area (Å²) in [7, 11) is 1.55. The standard InChI is InChI=1S/C15H13N5O2/c1-22-13-4-10(2-3-17-13)6-19-15(21)12-5-11-7-16-9-20-14(11)18-8-12/h2-5,7-9H,6H2,1H3,(H,19,21). The van der Waals surface area contributed by atoms with Gasteiger partial charge in [-0.3, -0.25) is 4.79 Å². The summed E-state index contributed by atoms with van der Waals surface area (Å²) in [5.41, 5.74) is 1.92. The number of amides is 1. The number of ether oxygens (including phenoxy) is 1. The minimum Gasteiger partial charge on any atom is -0.481 e. The third kappa shape index (κ3) is 2.98. The van der Waals surface area contributed by atoms with Crippen molar-refractivity contribution in [3.05, 3.63) is 54.2 Å². The van der Waals surface area contributed by atoms with Crippen molar-refractivity contribution in [2.24, 2.45) is 0 Å². The Labute approximate surface area is 126 Å². The third-order valence-corrected chi connectivity index (χ3v) is 3.08. The topological polar surface area (TPSA) is 89.9 Å². The third-order valence-electron chi connectivity index (χ3n) is 3.08. The molecule has 0 fully saturated rings. The van der Waals surface area contributed by atoms with Crippen LogP contribution in [0.4, 0.5) is 0 Å². The van der Waals surface area contributed by atoms with Crippen LogP contribution in [0.25, 0.3) is 11.0 Å². The molecule has 0 spiro atoms. The number of methoxy groups -OCH3 is 1. The summed E-state index contributed by atoms with van der Waals surface area (Å²) in [4.78, 5) is 28.3. The maximum Gasteiger partial charge on any atom is 0.253 e. The van der Waals surface area contributed by atoms with E-state index in [0.29, 0.717) is 23.6 Å². The first kappa shape index (κ1) is 13.9. The zero-order chi connectivity index (χ0) is 15.4. The molecule has 0 saturated carbocycles. The predicted molar refractivity (Wildman–Crippen MR) is 79.3 cm³/mol. The van der Waals surface area contributed by atoms with Gasteiger partial charge in [0.25, 0.3) is 5.91 Å². The first-order valence-corrected chi connectivity index (χ1v) is 6.59. The lowest BCUT2D eigenvalue weighted by Crippen LogP contribution is -2.23. The average molecular weight is 295 g/mol.